The van der Waals surface area contributed by atoms with Gasteiger partial charge in [0.05, 0.1) is 0 Å². The average molecular weight is 358 g/mol. The highest BCUT2D eigenvalue weighted by molar-refractivity contribution is 6.31. The van der Waals surface area contributed by atoms with Crippen molar-refractivity contribution in [3.8, 4) is 0 Å². The molecule has 3 rings (SSSR count). The van der Waals surface area contributed by atoms with Gasteiger partial charge in [-0.3, -0.25) is 4.90 Å². The molecule has 0 bridgehead atoms. The molecule has 0 spiro atoms. The number of likely N-dealkylation sites (tertiary alicyclic amines) is 1. The van der Waals surface area contributed by atoms with Crippen LogP contribution < -0.4 is 10.6 Å². The molecule has 1 aliphatic rings. The molecular weight excluding hydrogens is 334 g/mol. The number of hydrogen-bond acceptors (Lipinski definition) is 2. The minimum absolute atomic E-state index is 0.164. The summed E-state index contributed by atoms with van der Waals surface area (Å²) in [7, 11) is 0. The molecule has 25 heavy (non-hydrogen) atoms. The van der Waals surface area contributed by atoms with E-state index in [9.17, 15) is 4.79 Å². The summed E-state index contributed by atoms with van der Waals surface area (Å²) in [5, 5.41) is 6.57. The fraction of sp³-hybridized carbons (Fsp3) is 0.350. The summed E-state index contributed by atoms with van der Waals surface area (Å²) in [6.45, 7) is 4.92. The van der Waals surface area contributed by atoms with Crippen LogP contribution in [0.4, 0.5) is 10.5 Å². The molecule has 0 atom stereocenters. The van der Waals surface area contributed by atoms with Crippen molar-refractivity contribution >= 4 is 23.3 Å². The molecule has 4 nitrogen and oxygen atoms in total. The number of carbonyl (C=O) groups excluding carboxylic acids is 1. The zero-order chi connectivity index (χ0) is 17.6. The van der Waals surface area contributed by atoms with Crippen LogP contribution in [0.2, 0.25) is 5.02 Å². The molecule has 0 aliphatic carbocycles. The second-order valence-electron chi connectivity index (χ2n) is 6.65. The van der Waals surface area contributed by atoms with E-state index in [1.165, 1.54) is 5.56 Å². The van der Waals surface area contributed by atoms with Gasteiger partial charge in [0.2, 0.25) is 0 Å². The van der Waals surface area contributed by atoms with Gasteiger partial charge < -0.3 is 10.6 Å². The van der Waals surface area contributed by atoms with E-state index in [4.69, 9.17) is 11.6 Å². The molecule has 1 fully saturated rings. The molecule has 0 unspecified atom stereocenters. The van der Waals surface area contributed by atoms with Gasteiger partial charge in [-0.15, -0.1) is 0 Å². The van der Waals surface area contributed by atoms with Gasteiger partial charge in [-0.05, 0) is 49.1 Å². The van der Waals surface area contributed by atoms with Crippen molar-refractivity contribution in [3.63, 3.8) is 0 Å². The van der Waals surface area contributed by atoms with Crippen LogP contribution in [0.5, 0.6) is 0 Å². The van der Waals surface area contributed by atoms with Crippen molar-refractivity contribution in [3.05, 3.63) is 64.7 Å². The summed E-state index contributed by atoms with van der Waals surface area (Å²) in [6, 6.07) is 16.1. The molecule has 1 heterocycles. The van der Waals surface area contributed by atoms with E-state index in [1.807, 2.05) is 25.1 Å². The van der Waals surface area contributed by atoms with E-state index in [0.717, 1.165) is 43.7 Å². The number of urea groups is 1. The number of halogens is 1. The maximum absolute atomic E-state index is 12.2. The van der Waals surface area contributed by atoms with E-state index < -0.39 is 0 Å². The number of nitrogens with one attached hydrogen (secondary N) is 2. The zero-order valence-electron chi connectivity index (χ0n) is 14.5. The van der Waals surface area contributed by atoms with Crippen molar-refractivity contribution in [2.75, 3.05) is 18.4 Å². The van der Waals surface area contributed by atoms with Gasteiger partial charge >= 0.3 is 6.03 Å². The molecule has 2 aromatic carbocycles. The maximum Gasteiger partial charge on any atom is 0.319 e. The zero-order valence-corrected chi connectivity index (χ0v) is 15.2. The predicted octanol–water partition coefficient (Wildman–Crippen LogP) is 4.43. The fourth-order valence-corrected chi connectivity index (χ4v) is 3.53. The van der Waals surface area contributed by atoms with E-state index in [-0.39, 0.29) is 12.1 Å². The van der Waals surface area contributed by atoms with Crippen molar-refractivity contribution < 1.29 is 4.79 Å². The Morgan fingerprint density at radius 2 is 1.88 bits per heavy atom. The van der Waals surface area contributed by atoms with Crippen LogP contribution in [0.3, 0.4) is 0 Å². The van der Waals surface area contributed by atoms with Gasteiger partial charge in [0.15, 0.2) is 0 Å². The lowest BCUT2D eigenvalue weighted by Crippen LogP contribution is -2.45. The van der Waals surface area contributed by atoms with Gasteiger partial charge in [-0.1, -0.05) is 41.9 Å². The third kappa shape index (κ3) is 5.48. The molecular formula is C20H24ClN3O. The largest absolute Gasteiger partial charge is 0.335 e. The number of benzene rings is 2. The third-order valence-electron chi connectivity index (χ3n) is 4.47. The van der Waals surface area contributed by atoms with Crippen LogP contribution in [-0.4, -0.2) is 30.1 Å². The highest BCUT2D eigenvalue weighted by Crippen LogP contribution is 2.19. The number of amides is 2. The molecule has 0 saturated carbocycles. The summed E-state index contributed by atoms with van der Waals surface area (Å²) < 4.78 is 0. The lowest BCUT2D eigenvalue weighted by atomic mass is 10.0. The van der Waals surface area contributed by atoms with E-state index in [0.29, 0.717) is 5.02 Å². The van der Waals surface area contributed by atoms with Crippen LogP contribution in [0.25, 0.3) is 0 Å². The van der Waals surface area contributed by atoms with Crippen molar-refractivity contribution in [1.29, 1.82) is 0 Å². The fourth-order valence-electron chi connectivity index (χ4n) is 3.24. The second kappa shape index (κ2) is 8.37. The maximum atomic E-state index is 12.2. The highest BCUT2D eigenvalue weighted by Gasteiger charge is 2.20. The van der Waals surface area contributed by atoms with Crippen LogP contribution in [0, 0.1) is 6.92 Å². The summed E-state index contributed by atoms with van der Waals surface area (Å²) >= 11 is 6.03. The van der Waals surface area contributed by atoms with Gasteiger partial charge in [-0.25, -0.2) is 4.79 Å². The average Bonchev–Trinajstić information content (AvgIpc) is 2.56. The summed E-state index contributed by atoms with van der Waals surface area (Å²) in [5.41, 5.74) is 3.09. The summed E-state index contributed by atoms with van der Waals surface area (Å²) in [4.78, 5) is 14.6. The van der Waals surface area contributed by atoms with Crippen molar-refractivity contribution in [2.45, 2.75) is 32.4 Å². The first-order chi connectivity index (χ1) is 12.1. The lowest BCUT2D eigenvalue weighted by Gasteiger charge is -2.32. The Kier molecular flexibility index (Phi) is 5.95. The molecule has 1 aliphatic heterocycles. The standard InChI is InChI=1S/C20H24ClN3O/c1-15-11-17(21)13-19(12-15)23-20(25)22-18-7-9-24(10-8-18)14-16-5-3-2-4-6-16/h2-6,11-13,18H,7-10,14H2,1H3,(H2,22,23,25). The smallest absolute Gasteiger partial charge is 0.319 e. The second-order valence-corrected chi connectivity index (χ2v) is 7.09. The van der Waals surface area contributed by atoms with Crippen LogP contribution in [0.1, 0.15) is 24.0 Å². The first-order valence-corrected chi connectivity index (χ1v) is 9.07. The van der Waals surface area contributed by atoms with Crippen LogP contribution in [-0.2, 0) is 6.54 Å². The Bertz CT molecular complexity index is 692. The van der Waals surface area contributed by atoms with E-state index in [2.05, 4.69) is 39.8 Å². The minimum atomic E-state index is -0.164. The Morgan fingerprint density at radius 1 is 1.16 bits per heavy atom. The number of piperidine rings is 1. The molecule has 2 N–H and O–H groups in total. The molecule has 2 aromatic rings. The molecule has 132 valence electrons. The first kappa shape index (κ1) is 17.8. The van der Waals surface area contributed by atoms with Gasteiger partial charge in [0.1, 0.15) is 0 Å². The van der Waals surface area contributed by atoms with E-state index >= 15 is 0 Å². The SMILES string of the molecule is Cc1cc(Cl)cc(NC(=O)NC2CCN(Cc3ccccc3)CC2)c1. The number of hydrogen-bond donors (Lipinski definition) is 2. The Hall–Kier alpha value is -2.04. The minimum Gasteiger partial charge on any atom is -0.335 e. The Morgan fingerprint density at radius 3 is 2.56 bits per heavy atom. The summed E-state index contributed by atoms with van der Waals surface area (Å²) in [6.07, 6.45) is 1.93. The predicted molar refractivity (Wildman–Crippen MR) is 103 cm³/mol. The van der Waals surface area contributed by atoms with Gasteiger partial charge in [-0.2, -0.15) is 0 Å². The lowest BCUT2D eigenvalue weighted by molar-refractivity contribution is 0.190. The van der Waals surface area contributed by atoms with Gasteiger partial charge in [0.25, 0.3) is 0 Å². The number of rotatable bonds is 4. The highest BCUT2D eigenvalue weighted by atomic mass is 35.5. The number of aryl methyl sites for hydroxylation is 1. The van der Waals surface area contributed by atoms with E-state index in [1.54, 1.807) is 6.07 Å². The van der Waals surface area contributed by atoms with Crippen LogP contribution >= 0.6 is 11.6 Å². The molecule has 0 radical (unpaired) electrons. The summed E-state index contributed by atoms with van der Waals surface area (Å²) in [5.74, 6) is 0. The number of anilines is 1. The quantitative estimate of drug-likeness (QED) is 0.849. The molecule has 1 saturated heterocycles. The topological polar surface area (TPSA) is 44.4 Å². The number of nitrogens with zero attached hydrogens (tertiary/aromatic N) is 1. The van der Waals surface area contributed by atoms with Crippen molar-refractivity contribution in [2.24, 2.45) is 0 Å². The normalized spacial score (nSPS) is 15.8. The molecule has 5 heteroatoms. The Balaban J connectivity index is 1.44. The molecule has 0 aromatic heterocycles. The number of carbonyl (C=O) groups is 1. The molecule has 2 amide bonds. The van der Waals surface area contributed by atoms with Gasteiger partial charge in [0, 0.05) is 36.4 Å². The van der Waals surface area contributed by atoms with Crippen LogP contribution in [0.15, 0.2) is 48.5 Å². The monoisotopic (exact) mass is 357 g/mol. The Labute approximate surface area is 154 Å². The first-order valence-electron chi connectivity index (χ1n) is 8.69. The third-order valence-corrected chi connectivity index (χ3v) is 4.69. The van der Waals surface area contributed by atoms with Crippen molar-refractivity contribution in [1.82, 2.24) is 10.2 Å².